The second-order valence-electron chi connectivity index (χ2n) is 6.97. The van der Waals surface area contributed by atoms with Crippen LogP contribution < -0.4 is 0 Å². The number of fused-ring (bicyclic) bond motifs is 3. The average molecular weight is 250 g/mol. The number of carbonyl (C=O) groups excluding carboxylic acids is 1. The van der Waals surface area contributed by atoms with Crippen LogP contribution in [0.1, 0.15) is 33.6 Å². The van der Waals surface area contributed by atoms with E-state index < -0.39 is 0 Å². The van der Waals surface area contributed by atoms with Gasteiger partial charge in [-0.3, -0.25) is 4.79 Å². The van der Waals surface area contributed by atoms with Crippen LogP contribution in [0.4, 0.5) is 0 Å². The maximum Gasteiger partial charge on any atom is 0.159 e. The Bertz CT molecular complexity index is 441. The van der Waals surface area contributed by atoms with Gasteiger partial charge in [-0.15, -0.1) is 0 Å². The van der Waals surface area contributed by atoms with Crippen molar-refractivity contribution in [2.24, 2.45) is 28.6 Å². The van der Waals surface area contributed by atoms with Crippen LogP contribution in [0.2, 0.25) is 0 Å². The van der Waals surface area contributed by atoms with Crippen LogP contribution in [0.25, 0.3) is 0 Å². The third-order valence-electron chi connectivity index (χ3n) is 6.05. The second-order valence-corrected chi connectivity index (χ2v) is 6.97. The molecule has 2 saturated carbocycles. The SMILES string of the molecule is C[C@H]1C[C@H](O)CC2=CC(=O)[C@H]3[C@H]([C@]3(C)CO)[C@@]21C. The van der Waals surface area contributed by atoms with Crippen molar-refractivity contribution in [3.63, 3.8) is 0 Å². The Hall–Kier alpha value is -0.670. The van der Waals surface area contributed by atoms with Gasteiger partial charge in [0.25, 0.3) is 0 Å². The molecule has 3 aliphatic rings. The number of hydrogen-bond donors (Lipinski definition) is 2. The average Bonchev–Trinajstić information content (AvgIpc) is 2.93. The Morgan fingerprint density at radius 1 is 1.44 bits per heavy atom. The molecule has 0 saturated heterocycles. The smallest absolute Gasteiger partial charge is 0.159 e. The quantitative estimate of drug-likeness (QED) is 0.742. The van der Waals surface area contributed by atoms with Crippen molar-refractivity contribution in [1.29, 1.82) is 0 Å². The van der Waals surface area contributed by atoms with Crippen molar-refractivity contribution in [3.05, 3.63) is 11.6 Å². The highest BCUT2D eigenvalue weighted by molar-refractivity contribution is 5.97. The predicted molar refractivity (Wildman–Crippen MR) is 67.8 cm³/mol. The van der Waals surface area contributed by atoms with E-state index in [2.05, 4.69) is 13.8 Å². The summed E-state index contributed by atoms with van der Waals surface area (Å²) in [4.78, 5) is 12.2. The molecule has 18 heavy (non-hydrogen) atoms. The first kappa shape index (κ1) is 12.4. The van der Waals surface area contributed by atoms with Crippen molar-refractivity contribution in [3.8, 4) is 0 Å². The first-order valence-electron chi connectivity index (χ1n) is 6.89. The fourth-order valence-corrected chi connectivity index (χ4v) is 4.79. The highest BCUT2D eigenvalue weighted by atomic mass is 16.3. The summed E-state index contributed by atoms with van der Waals surface area (Å²) in [5.41, 5.74) is 0.841. The van der Waals surface area contributed by atoms with E-state index in [0.717, 1.165) is 12.0 Å². The summed E-state index contributed by atoms with van der Waals surface area (Å²) in [5, 5.41) is 19.5. The van der Waals surface area contributed by atoms with Crippen molar-refractivity contribution >= 4 is 5.78 Å². The molecular formula is C15H22O3. The van der Waals surface area contributed by atoms with Crippen LogP contribution in [-0.4, -0.2) is 28.7 Å². The van der Waals surface area contributed by atoms with Gasteiger partial charge in [-0.1, -0.05) is 26.3 Å². The van der Waals surface area contributed by atoms with E-state index in [4.69, 9.17) is 0 Å². The van der Waals surface area contributed by atoms with Crippen LogP contribution in [0, 0.1) is 28.6 Å². The van der Waals surface area contributed by atoms with Gasteiger partial charge in [-0.2, -0.15) is 0 Å². The molecule has 3 rings (SSSR count). The number of carbonyl (C=O) groups is 1. The lowest BCUT2D eigenvalue weighted by Gasteiger charge is -2.46. The molecular weight excluding hydrogens is 228 g/mol. The minimum absolute atomic E-state index is 0.00561. The van der Waals surface area contributed by atoms with Gasteiger partial charge >= 0.3 is 0 Å². The fourth-order valence-electron chi connectivity index (χ4n) is 4.79. The van der Waals surface area contributed by atoms with E-state index in [9.17, 15) is 15.0 Å². The van der Waals surface area contributed by atoms with E-state index in [0.29, 0.717) is 12.3 Å². The molecule has 0 aromatic rings. The Labute approximate surface area is 108 Å². The monoisotopic (exact) mass is 250 g/mol. The Kier molecular flexibility index (Phi) is 2.37. The Balaban J connectivity index is 2.06. The molecule has 6 atom stereocenters. The molecule has 2 N–H and O–H groups in total. The summed E-state index contributed by atoms with van der Waals surface area (Å²) in [6.07, 6.45) is 2.87. The van der Waals surface area contributed by atoms with E-state index >= 15 is 0 Å². The van der Waals surface area contributed by atoms with Crippen molar-refractivity contribution in [2.75, 3.05) is 6.61 Å². The zero-order valence-corrected chi connectivity index (χ0v) is 11.3. The fraction of sp³-hybridized carbons (Fsp3) is 0.800. The van der Waals surface area contributed by atoms with E-state index in [1.54, 1.807) is 6.08 Å². The normalized spacial score (nSPS) is 54.5. The van der Waals surface area contributed by atoms with Gasteiger partial charge in [0.15, 0.2) is 5.78 Å². The lowest BCUT2D eigenvalue weighted by molar-refractivity contribution is -0.117. The van der Waals surface area contributed by atoms with E-state index in [-0.39, 0.29) is 41.2 Å². The van der Waals surface area contributed by atoms with Gasteiger partial charge in [0.05, 0.1) is 6.10 Å². The van der Waals surface area contributed by atoms with Crippen molar-refractivity contribution < 1.29 is 15.0 Å². The summed E-state index contributed by atoms with van der Waals surface area (Å²) >= 11 is 0. The topological polar surface area (TPSA) is 57.5 Å². The van der Waals surface area contributed by atoms with Gasteiger partial charge in [0, 0.05) is 17.9 Å². The minimum atomic E-state index is -0.317. The highest BCUT2D eigenvalue weighted by Gasteiger charge is 2.73. The summed E-state index contributed by atoms with van der Waals surface area (Å²) in [5.74, 6) is 0.769. The largest absolute Gasteiger partial charge is 0.396 e. The third kappa shape index (κ3) is 1.24. The first-order valence-corrected chi connectivity index (χ1v) is 6.89. The number of aliphatic hydroxyl groups is 2. The lowest BCUT2D eigenvalue weighted by atomic mass is 9.58. The molecule has 0 aromatic heterocycles. The second kappa shape index (κ2) is 3.45. The van der Waals surface area contributed by atoms with Crippen LogP contribution in [0.5, 0.6) is 0 Å². The number of rotatable bonds is 1. The zero-order chi connectivity index (χ0) is 13.3. The summed E-state index contributed by atoms with van der Waals surface area (Å²) in [6, 6.07) is 0. The molecule has 0 aromatic carbocycles. The number of hydrogen-bond acceptors (Lipinski definition) is 3. The molecule has 0 unspecified atom stereocenters. The van der Waals surface area contributed by atoms with Gasteiger partial charge in [-0.25, -0.2) is 0 Å². The minimum Gasteiger partial charge on any atom is -0.396 e. The lowest BCUT2D eigenvalue weighted by Crippen LogP contribution is -2.42. The molecule has 3 aliphatic carbocycles. The highest BCUT2D eigenvalue weighted by Crippen LogP contribution is 2.73. The third-order valence-corrected chi connectivity index (χ3v) is 6.05. The standard InChI is InChI=1S/C15H22O3/c1-8-4-10(17)5-9-6-11(18)12-13(15(8,9)3)14(12,2)7-16/h6,8,10,12-13,16-17H,4-5,7H2,1-3H3/t8-,10-,12-,13+,14+,15+/m0/s1. The van der Waals surface area contributed by atoms with Crippen LogP contribution in [0.3, 0.4) is 0 Å². The Morgan fingerprint density at radius 3 is 2.72 bits per heavy atom. The molecule has 0 aliphatic heterocycles. The first-order chi connectivity index (χ1) is 8.35. The maximum atomic E-state index is 12.2. The maximum absolute atomic E-state index is 12.2. The molecule has 0 heterocycles. The van der Waals surface area contributed by atoms with Crippen molar-refractivity contribution in [1.82, 2.24) is 0 Å². The molecule has 0 spiro atoms. The van der Waals surface area contributed by atoms with Crippen molar-refractivity contribution in [2.45, 2.75) is 39.7 Å². The van der Waals surface area contributed by atoms with Crippen LogP contribution in [0.15, 0.2) is 11.6 Å². The molecule has 0 bridgehead atoms. The summed E-state index contributed by atoms with van der Waals surface area (Å²) < 4.78 is 0. The number of allylic oxidation sites excluding steroid dienone is 1. The molecule has 0 amide bonds. The van der Waals surface area contributed by atoms with E-state index in [1.165, 1.54) is 0 Å². The number of aliphatic hydroxyl groups excluding tert-OH is 2. The number of ketones is 1. The van der Waals surface area contributed by atoms with Gasteiger partial charge in [-0.05, 0) is 36.2 Å². The Morgan fingerprint density at radius 2 is 2.11 bits per heavy atom. The van der Waals surface area contributed by atoms with Gasteiger partial charge in [0.1, 0.15) is 0 Å². The van der Waals surface area contributed by atoms with Gasteiger partial charge < -0.3 is 10.2 Å². The van der Waals surface area contributed by atoms with E-state index in [1.807, 2.05) is 6.92 Å². The molecule has 2 fully saturated rings. The molecule has 3 heteroatoms. The molecule has 3 nitrogen and oxygen atoms in total. The summed E-state index contributed by atoms with van der Waals surface area (Å²) in [7, 11) is 0. The van der Waals surface area contributed by atoms with Gasteiger partial charge in [0.2, 0.25) is 0 Å². The predicted octanol–water partition coefficient (Wildman–Crippen LogP) is 1.54. The van der Waals surface area contributed by atoms with Crippen LogP contribution >= 0.6 is 0 Å². The van der Waals surface area contributed by atoms with Crippen LogP contribution in [-0.2, 0) is 4.79 Å². The zero-order valence-electron chi connectivity index (χ0n) is 11.3. The summed E-state index contributed by atoms with van der Waals surface area (Å²) in [6.45, 7) is 6.50. The molecule has 100 valence electrons. The molecule has 0 radical (unpaired) electrons.